The first-order valence-corrected chi connectivity index (χ1v) is 14.3. The topological polar surface area (TPSA) is 102 Å². The third-order valence-corrected chi connectivity index (χ3v) is 12.1. The van der Waals surface area contributed by atoms with Gasteiger partial charge in [-0.05, 0) is 48.1 Å². The minimum Gasteiger partial charge on any atom is -0.459 e. The van der Waals surface area contributed by atoms with E-state index in [4.69, 9.17) is 14.2 Å². The predicted octanol–water partition coefficient (Wildman–Crippen LogP) is 2.74. The van der Waals surface area contributed by atoms with Gasteiger partial charge in [-0.1, -0.05) is 37.3 Å². The molecule has 0 amide bonds. The van der Waals surface area contributed by atoms with Crippen molar-refractivity contribution in [1.29, 1.82) is 0 Å². The quantitative estimate of drug-likeness (QED) is 0.358. The van der Waals surface area contributed by atoms with Gasteiger partial charge in [-0.25, -0.2) is 4.79 Å². The van der Waals surface area contributed by atoms with Crippen molar-refractivity contribution < 1.29 is 33.7 Å². The number of nitrogens with zero attached hydrogens (tertiary/aromatic N) is 1. The van der Waals surface area contributed by atoms with Gasteiger partial charge in [0.1, 0.15) is 18.3 Å². The van der Waals surface area contributed by atoms with E-state index >= 15 is 0 Å². The molecule has 3 aliphatic heterocycles. The molecule has 2 spiro atoms. The molecule has 206 valence electrons. The Morgan fingerprint density at radius 1 is 1.03 bits per heavy atom. The number of esters is 3. The number of rotatable bonds is 4. The highest BCUT2D eigenvalue weighted by molar-refractivity contribution is 5.89. The van der Waals surface area contributed by atoms with E-state index in [-0.39, 0.29) is 46.5 Å². The summed E-state index contributed by atoms with van der Waals surface area (Å²) in [4.78, 5) is 40.9. The zero-order valence-electron chi connectivity index (χ0n) is 22.5. The largest absolute Gasteiger partial charge is 0.459 e. The lowest BCUT2D eigenvalue weighted by molar-refractivity contribution is -0.253. The highest BCUT2D eigenvalue weighted by atomic mass is 16.6. The molecule has 1 unspecified atom stereocenters. The number of aliphatic hydroxyl groups excluding tert-OH is 1. The zero-order valence-corrected chi connectivity index (χ0v) is 22.5. The summed E-state index contributed by atoms with van der Waals surface area (Å²) in [7, 11) is 0. The van der Waals surface area contributed by atoms with Crippen molar-refractivity contribution >= 4 is 17.9 Å². The van der Waals surface area contributed by atoms with E-state index in [1.165, 1.54) is 13.8 Å². The molecule has 3 saturated heterocycles. The number of aliphatic hydroxyl groups is 1. The predicted molar refractivity (Wildman–Crippen MR) is 137 cm³/mol. The Morgan fingerprint density at radius 2 is 1.74 bits per heavy atom. The van der Waals surface area contributed by atoms with Gasteiger partial charge in [-0.2, -0.15) is 0 Å². The Bertz CT molecular complexity index is 1330. The average molecular weight is 534 g/mol. The second kappa shape index (κ2) is 7.32. The van der Waals surface area contributed by atoms with Crippen molar-refractivity contribution in [3.8, 4) is 0 Å². The molecule has 3 heterocycles. The summed E-state index contributed by atoms with van der Waals surface area (Å²) in [6.45, 7) is 10.4. The number of ether oxygens (including phenoxy) is 3. The van der Waals surface area contributed by atoms with Crippen molar-refractivity contribution in [2.75, 3.05) is 6.54 Å². The first-order valence-electron chi connectivity index (χ1n) is 14.3. The Hall–Kier alpha value is -2.71. The summed E-state index contributed by atoms with van der Waals surface area (Å²) in [5, 5.41) is 12.3. The Labute approximate surface area is 227 Å². The zero-order chi connectivity index (χ0) is 27.2. The minimum atomic E-state index is -0.791. The highest BCUT2D eigenvalue weighted by Gasteiger charge is 2.93. The molecule has 0 aromatic heterocycles. The monoisotopic (exact) mass is 533 g/mol. The molecule has 14 atom stereocenters. The molecule has 8 nitrogen and oxygen atoms in total. The van der Waals surface area contributed by atoms with Crippen molar-refractivity contribution in [1.82, 2.24) is 4.90 Å². The third-order valence-electron chi connectivity index (χ3n) is 12.1. The molecule has 6 aliphatic carbocycles. The standard InChI is InChI=1S/C31H35NO7/c1-14-10-30-11-18-24-29(4)12-19(37-15(2)33)27(38-16(3)34)31(24)25(30)22(35)20(14)23(21(30)26(31)32(18)13-29)39-28(36)17-8-6-5-7-9-17/h5-9,18-27,35H,1,10-13H2,2-4H3/t18-,19+,20+,21+,22+,23+,24+,25+,26+,27+,29-,30-,31+/m0/s1. The fraction of sp³-hybridized carbons (Fsp3) is 0.645. The Morgan fingerprint density at radius 3 is 2.44 bits per heavy atom. The molecular formula is C31H35NO7. The third kappa shape index (κ3) is 2.57. The van der Waals surface area contributed by atoms with Crippen molar-refractivity contribution in [2.45, 2.75) is 76.5 Å². The van der Waals surface area contributed by atoms with Gasteiger partial charge in [0.15, 0.2) is 0 Å². The van der Waals surface area contributed by atoms with Crippen LogP contribution in [0.5, 0.6) is 0 Å². The molecule has 1 aromatic carbocycles. The van der Waals surface area contributed by atoms with E-state index in [1.807, 2.05) is 18.2 Å². The first-order chi connectivity index (χ1) is 18.5. The molecule has 9 bridgehead atoms. The van der Waals surface area contributed by atoms with E-state index in [9.17, 15) is 19.5 Å². The van der Waals surface area contributed by atoms with Crippen LogP contribution in [0.2, 0.25) is 0 Å². The van der Waals surface area contributed by atoms with E-state index in [0.717, 1.165) is 25.0 Å². The maximum absolute atomic E-state index is 13.4. The molecule has 8 heteroatoms. The van der Waals surface area contributed by atoms with Crippen LogP contribution in [-0.4, -0.2) is 71.0 Å². The summed E-state index contributed by atoms with van der Waals surface area (Å²) in [5.41, 5.74) is 0.399. The Balaban J connectivity index is 1.31. The molecule has 9 aliphatic rings. The second-order valence-electron chi connectivity index (χ2n) is 13.7. The average Bonchev–Trinajstić information content (AvgIpc) is 3.30. The molecule has 9 fully saturated rings. The SMILES string of the molecule is C=C1C[C@@]23C[C@H]4[C@@H]5[C@@]6(C)C[C@@H](OC(C)=O)[C@@H](OC(C)=O)[C@@]57[C@@H]2[C@H](O)[C@@H]1[C@@H](OC(=O)c1ccccc1)[C@@H]3[C@H]7N4C6. The van der Waals surface area contributed by atoms with Crippen LogP contribution < -0.4 is 0 Å². The lowest BCUT2D eigenvalue weighted by Gasteiger charge is -2.66. The minimum absolute atomic E-state index is 0.0194. The number of carbonyl (C=O) groups is 3. The molecule has 1 aromatic rings. The number of piperidine rings is 2. The second-order valence-corrected chi connectivity index (χ2v) is 13.7. The first kappa shape index (κ1) is 24.1. The van der Waals surface area contributed by atoms with Gasteiger partial charge in [0, 0.05) is 55.6 Å². The van der Waals surface area contributed by atoms with Crippen LogP contribution in [0.1, 0.15) is 50.4 Å². The van der Waals surface area contributed by atoms with Gasteiger partial charge in [-0.3, -0.25) is 14.5 Å². The van der Waals surface area contributed by atoms with Gasteiger partial charge in [0.2, 0.25) is 0 Å². The normalized spacial score (nSPS) is 52.6. The number of hydrogen-bond donors (Lipinski definition) is 1. The summed E-state index contributed by atoms with van der Waals surface area (Å²) in [6, 6.07) is 9.25. The Kier molecular flexibility index (Phi) is 4.53. The van der Waals surface area contributed by atoms with Crippen LogP contribution in [0.4, 0.5) is 0 Å². The van der Waals surface area contributed by atoms with E-state index in [1.54, 1.807) is 12.1 Å². The van der Waals surface area contributed by atoms with Gasteiger partial charge >= 0.3 is 17.9 Å². The fourth-order valence-corrected chi connectivity index (χ4v) is 12.1. The van der Waals surface area contributed by atoms with Crippen molar-refractivity contribution in [3.63, 3.8) is 0 Å². The van der Waals surface area contributed by atoms with Crippen molar-refractivity contribution in [3.05, 3.63) is 48.0 Å². The van der Waals surface area contributed by atoms with Crippen LogP contribution in [0, 0.1) is 39.9 Å². The smallest absolute Gasteiger partial charge is 0.338 e. The lowest BCUT2D eigenvalue weighted by Crippen LogP contribution is -2.71. The molecule has 10 rings (SSSR count). The van der Waals surface area contributed by atoms with E-state index < -0.39 is 41.8 Å². The molecule has 1 N–H and O–H groups in total. The number of hydrogen-bond acceptors (Lipinski definition) is 8. The summed E-state index contributed by atoms with van der Waals surface area (Å²) in [5.74, 6) is -1.56. The highest BCUT2D eigenvalue weighted by Crippen LogP contribution is 2.87. The van der Waals surface area contributed by atoms with E-state index in [0.29, 0.717) is 18.0 Å². The molecule has 39 heavy (non-hydrogen) atoms. The van der Waals surface area contributed by atoms with Gasteiger partial charge < -0.3 is 19.3 Å². The van der Waals surface area contributed by atoms with E-state index in [2.05, 4.69) is 18.4 Å². The molecular weight excluding hydrogens is 498 g/mol. The maximum Gasteiger partial charge on any atom is 0.338 e. The van der Waals surface area contributed by atoms with Crippen LogP contribution in [0.15, 0.2) is 42.5 Å². The van der Waals surface area contributed by atoms with Crippen LogP contribution in [-0.2, 0) is 23.8 Å². The van der Waals surface area contributed by atoms with Gasteiger partial charge in [0.25, 0.3) is 0 Å². The van der Waals surface area contributed by atoms with Crippen molar-refractivity contribution in [2.24, 2.45) is 39.9 Å². The van der Waals surface area contributed by atoms with Gasteiger partial charge in [-0.15, -0.1) is 0 Å². The van der Waals surface area contributed by atoms with Gasteiger partial charge in [0.05, 0.1) is 11.7 Å². The lowest BCUT2D eigenvalue weighted by atomic mass is 9.39. The summed E-state index contributed by atoms with van der Waals surface area (Å²) in [6.07, 6.45) is -0.234. The van der Waals surface area contributed by atoms with Crippen LogP contribution in [0.25, 0.3) is 0 Å². The summed E-state index contributed by atoms with van der Waals surface area (Å²) >= 11 is 0. The number of fused-ring (bicyclic) bond motifs is 1. The van der Waals surface area contributed by atoms with Crippen LogP contribution in [0.3, 0.4) is 0 Å². The fourth-order valence-electron chi connectivity index (χ4n) is 12.1. The molecule has 6 saturated carbocycles. The molecule has 0 radical (unpaired) electrons. The van der Waals surface area contributed by atoms with Crippen LogP contribution >= 0.6 is 0 Å². The summed E-state index contributed by atoms with van der Waals surface area (Å²) < 4.78 is 18.5. The number of carbonyl (C=O) groups excluding carboxylic acids is 3. The maximum atomic E-state index is 13.4. The number of benzene rings is 1.